The monoisotopic (exact) mass is 388 g/mol. The number of anilines is 2. The van der Waals surface area contributed by atoms with Gasteiger partial charge in [-0.2, -0.15) is 0 Å². The topological polar surface area (TPSA) is 74.2 Å². The van der Waals surface area contributed by atoms with Crippen LogP contribution in [0.3, 0.4) is 0 Å². The van der Waals surface area contributed by atoms with Gasteiger partial charge in [0.25, 0.3) is 5.91 Å². The van der Waals surface area contributed by atoms with Crippen LogP contribution < -0.4 is 10.2 Å². The molecule has 1 N–H and O–H groups in total. The maximum Gasteiger partial charge on any atom is 0.272 e. The lowest BCUT2D eigenvalue weighted by Gasteiger charge is -2.36. The van der Waals surface area contributed by atoms with E-state index in [1.807, 2.05) is 48.2 Å². The number of amides is 1. The number of para-hydroxylation sites is 1. The smallest absolute Gasteiger partial charge is 0.272 e. The van der Waals surface area contributed by atoms with Gasteiger partial charge < -0.3 is 15.1 Å². The van der Waals surface area contributed by atoms with E-state index in [9.17, 15) is 4.79 Å². The highest BCUT2D eigenvalue weighted by Crippen LogP contribution is 2.17. The van der Waals surface area contributed by atoms with Crippen LogP contribution in [0.4, 0.5) is 11.6 Å². The molecule has 4 rings (SSSR count). The molecule has 2 aromatic heterocycles. The van der Waals surface area contributed by atoms with Crippen LogP contribution in [0.2, 0.25) is 0 Å². The zero-order valence-corrected chi connectivity index (χ0v) is 16.5. The lowest BCUT2D eigenvalue weighted by Crippen LogP contribution is -2.49. The van der Waals surface area contributed by atoms with Crippen LogP contribution in [0.25, 0.3) is 0 Å². The van der Waals surface area contributed by atoms with Crippen LogP contribution in [0.5, 0.6) is 0 Å². The number of carbonyl (C=O) groups is 1. The third kappa shape index (κ3) is 4.68. The van der Waals surface area contributed by atoms with E-state index in [1.165, 1.54) is 5.69 Å². The second kappa shape index (κ2) is 8.68. The van der Waals surface area contributed by atoms with E-state index in [2.05, 4.69) is 37.3 Å². The quantitative estimate of drug-likeness (QED) is 0.724. The van der Waals surface area contributed by atoms with Crippen LogP contribution in [0.15, 0.2) is 60.8 Å². The molecular formula is C22H24N6O. The molecule has 1 saturated heterocycles. The first-order valence-electron chi connectivity index (χ1n) is 9.78. The van der Waals surface area contributed by atoms with Crippen molar-refractivity contribution in [3.8, 4) is 0 Å². The fraction of sp³-hybridized carbons (Fsp3) is 0.273. The molecule has 0 spiro atoms. The van der Waals surface area contributed by atoms with Crippen molar-refractivity contribution in [1.29, 1.82) is 0 Å². The maximum atomic E-state index is 13.0. The molecule has 29 heavy (non-hydrogen) atoms. The summed E-state index contributed by atoms with van der Waals surface area (Å²) in [6, 6.07) is 17.8. The van der Waals surface area contributed by atoms with Crippen molar-refractivity contribution in [3.63, 3.8) is 0 Å². The minimum atomic E-state index is -0.0518. The number of pyridine rings is 1. The SMILES string of the molecule is Cc1cc(C(=O)N2CCN(c3ccccc3)CC2)nc(NCc2ccccn2)n1. The predicted octanol–water partition coefficient (Wildman–Crippen LogP) is 2.75. The summed E-state index contributed by atoms with van der Waals surface area (Å²) < 4.78 is 0. The average molecular weight is 388 g/mol. The van der Waals surface area contributed by atoms with Crippen LogP contribution in [0, 0.1) is 6.92 Å². The number of aromatic nitrogens is 3. The highest BCUT2D eigenvalue weighted by atomic mass is 16.2. The highest BCUT2D eigenvalue weighted by molar-refractivity contribution is 5.92. The lowest BCUT2D eigenvalue weighted by molar-refractivity contribution is 0.0740. The molecule has 3 heterocycles. The number of rotatable bonds is 5. The summed E-state index contributed by atoms with van der Waals surface area (Å²) >= 11 is 0. The van der Waals surface area contributed by atoms with Gasteiger partial charge in [0.1, 0.15) is 5.69 Å². The van der Waals surface area contributed by atoms with Crippen molar-refractivity contribution in [2.45, 2.75) is 13.5 Å². The third-order valence-corrected chi connectivity index (χ3v) is 4.92. The van der Waals surface area contributed by atoms with E-state index >= 15 is 0 Å². The summed E-state index contributed by atoms with van der Waals surface area (Å²) in [5.74, 6) is 0.394. The maximum absolute atomic E-state index is 13.0. The molecular weight excluding hydrogens is 364 g/mol. The van der Waals surface area contributed by atoms with Crippen molar-refractivity contribution in [2.75, 3.05) is 36.4 Å². The minimum absolute atomic E-state index is 0.0518. The predicted molar refractivity (Wildman–Crippen MR) is 113 cm³/mol. The first-order valence-corrected chi connectivity index (χ1v) is 9.78. The van der Waals surface area contributed by atoms with Crippen molar-refractivity contribution < 1.29 is 4.79 Å². The summed E-state index contributed by atoms with van der Waals surface area (Å²) in [5, 5.41) is 3.16. The summed E-state index contributed by atoms with van der Waals surface area (Å²) in [5.41, 5.74) is 3.27. The fourth-order valence-electron chi connectivity index (χ4n) is 3.40. The normalized spacial score (nSPS) is 14.0. The number of hydrogen-bond acceptors (Lipinski definition) is 6. The van der Waals surface area contributed by atoms with Gasteiger partial charge in [-0.1, -0.05) is 24.3 Å². The van der Waals surface area contributed by atoms with Gasteiger partial charge in [-0.25, -0.2) is 9.97 Å². The Morgan fingerprint density at radius 2 is 1.76 bits per heavy atom. The summed E-state index contributed by atoms with van der Waals surface area (Å²) in [6.07, 6.45) is 1.75. The molecule has 0 unspecified atom stereocenters. The van der Waals surface area contributed by atoms with Crippen molar-refractivity contribution in [1.82, 2.24) is 19.9 Å². The van der Waals surface area contributed by atoms with E-state index in [1.54, 1.807) is 12.3 Å². The number of nitrogens with one attached hydrogen (secondary N) is 1. The Balaban J connectivity index is 1.40. The summed E-state index contributed by atoms with van der Waals surface area (Å²) in [4.78, 5) is 30.3. The van der Waals surface area contributed by atoms with E-state index in [0.717, 1.165) is 24.5 Å². The van der Waals surface area contributed by atoms with Gasteiger partial charge >= 0.3 is 0 Å². The van der Waals surface area contributed by atoms with Crippen LogP contribution >= 0.6 is 0 Å². The standard InChI is InChI=1S/C22H24N6O/c1-17-15-20(26-22(25-17)24-16-18-7-5-6-10-23-18)21(29)28-13-11-27(12-14-28)19-8-3-2-4-9-19/h2-10,15H,11-14,16H2,1H3,(H,24,25,26). The van der Waals surface area contributed by atoms with Gasteiger partial charge in [-0.15, -0.1) is 0 Å². The van der Waals surface area contributed by atoms with E-state index in [4.69, 9.17) is 0 Å². The van der Waals surface area contributed by atoms with Crippen molar-refractivity contribution in [3.05, 3.63) is 77.9 Å². The van der Waals surface area contributed by atoms with Gasteiger partial charge in [0.05, 0.1) is 12.2 Å². The number of piperazine rings is 1. The van der Waals surface area contributed by atoms with Crippen LogP contribution in [-0.4, -0.2) is 51.9 Å². The Kier molecular flexibility index (Phi) is 5.65. The number of hydrogen-bond donors (Lipinski definition) is 1. The number of nitrogens with zero attached hydrogens (tertiary/aromatic N) is 5. The Bertz CT molecular complexity index is 956. The Morgan fingerprint density at radius 1 is 1.00 bits per heavy atom. The van der Waals surface area contributed by atoms with Crippen molar-refractivity contribution >= 4 is 17.5 Å². The van der Waals surface area contributed by atoms with Crippen LogP contribution in [-0.2, 0) is 6.54 Å². The molecule has 1 fully saturated rings. The molecule has 0 bridgehead atoms. The highest BCUT2D eigenvalue weighted by Gasteiger charge is 2.23. The molecule has 0 radical (unpaired) electrons. The number of aryl methyl sites for hydroxylation is 1. The molecule has 7 nitrogen and oxygen atoms in total. The van der Waals surface area contributed by atoms with Gasteiger partial charge in [0.15, 0.2) is 0 Å². The van der Waals surface area contributed by atoms with Crippen molar-refractivity contribution in [2.24, 2.45) is 0 Å². The minimum Gasteiger partial charge on any atom is -0.368 e. The molecule has 1 aromatic carbocycles. The summed E-state index contributed by atoms with van der Waals surface area (Å²) in [7, 11) is 0. The summed E-state index contributed by atoms with van der Waals surface area (Å²) in [6.45, 7) is 5.35. The zero-order valence-electron chi connectivity index (χ0n) is 16.5. The first-order chi connectivity index (χ1) is 14.2. The van der Waals surface area contributed by atoms with E-state index in [-0.39, 0.29) is 5.91 Å². The second-order valence-corrected chi connectivity index (χ2v) is 7.01. The first kappa shape index (κ1) is 18.9. The van der Waals surface area contributed by atoms with Gasteiger partial charge in [0.2, 0.25) is 5.95 Å². The molecule has 3 aromatic rings. The van der Waals surface area contributed by atoms with Gasteiger partial charge in [-0.3, -0.25) is 9.78 Å². The molecule has 0 saturated carbocycles. The van der Waals surface area contributed by atoms with Crippen LogP contribution in [0.1, 0.15) is 21.9 Å². The van der Waals surface area contributed by atoms with E-state index in [0.29, 0.717) is 31.3 Å². The Morgan fingerprint density at radius 3 is 2.48 bits per heavy atom. The zero-order chi connectivity index (χ0) is 20.1. The molecule has 1 amide bonds. The molecule has 1 aliphatic heterocycles. The number of benzene rings is 1. The average Bonchev–Trinajstić information content (AvgIpc) is 2.78. The second-order valence-electron chi connectivity index (χ2n) is 7.01. The van der Waals surface area contributed by atoms with Gasteiger partial charge in [0, 0.05) is 43.8 Å². The Labute approximate surface area is 170 Å². The Hall–Kier alpha value is -3.48. The molecule has 148 valence electrons. The molecule has 1 aliphatic rings. The third-order valence-electron chi connectivity index (χ3n) is 4.92. The van der Waals surface area contributed by atoms with E-state index < -0.39 is 0 Å². The molecule has 7 heteroatoms. The molecule has 0 aliphatic carbocycles. The molecule has 0 atom stereocenters. The number of carbonyl (C=O) groups excluding carboxylic acids is 1. The largest absolute Gasteiger partial charge is 0.368 e. The fourth-order valence-corrected chi connectivity index (χ4v) is 3.40. The van der Waals surface area contributed by atoms with Gasteiger partial charge in [-0.05, 0) is 37.3 Å². The lowest BCUT2D eigenvalue weighted by atomic mass is 10.2.